The fraction of sp³-hybridized carbons (Fsp3) is 0.400. The largest absolute Gasteiger partial charge is 0.306 e. The van der Waals surface area contributed by atoms with Crippen LogP contribution in [0.25, 0.3) is 0 Å². The maximum atomic E-state index is 3.76. The molecule has 110 valence electrons. The van der Waals surface area contributed by atoms with E-state index in [2.05, 4.69) is 73.8 Å². The molecule has 0 aliphatic heterocycles. The van der Waals surface area contributed by atoms with Gasteiger partial charge in [-0.05, 0) is 41.4 Å². The van der Waals surface area contributed by atoms with E-state index in [1.807, 2.05) is 0 Å². The highest BCUT2D eigenvalue weighted by molar-refractivity contribution is 5.25. The van der Waals surface area contributed by atoms with Crippen molar-refractivity contribution in [3.63, 3.8) is 0 Å². The van der Waals surface area contributed by atoms with Crippen molar-refractivity contribution in [2.75, 3.05) is 0 Å². The Kier molecular flexibility index (Phi) is 4.40. The standard InChI is InChI=1S/C20H25N/c1-15(2)17-10-8-16(9-11-17)14-21-20(19-12-13-19)18-6-4-3-5-7-18/h3-11,15,19-21H,12-14H2,1-2H3. The third kappa shape index (κ3) is 3.74. The zero-order chi connectivity index (χ0) is 14.7. The van der Waals surface area contributed by atoms with Gasteiger partial charge in [0.2, 0.25) is 0 Å². The van der Waals surface area contributed by atoms with Gasteiger partial charge in [0.1, 0.15) is 0 Å². The average Bonchev–Trinajstić information content (AvgIpc) is 3.34. The number of hydrogen-bond acceptors (Lipinski definition) is 1. The van der Waals surface area contributed by atoms with Crippen molar-refractivity contribution in [3.05, 3.63) is 71.3 Å². The predicted octanol–water partition coefficient (Wildman–Crippen LogP) is 5.05. The minimum Gasteiger partial charge on any atom is -0.306 e. The van der Waals surface area contributed by atoms with Crippen LogP contribution in [0, 0.1) is 5.92 Å². The number of hydrogen-bond donors (Lipinski definition) is 1. The minimum absolute atomic E-state index is 0.510. The second kappa shape index (κ2) is 6.44. The van der Waals surface area contributed by atoms with E-state index >= 15 is 0 Å². The summed E-state index contributed by atoms with van der Waals surface area (Å²) in [7, 11) is 0. The molecule has 0 heterocycles. The van der Waals surface area contributed by atoms with E-state index < -0.39 is 0 Å². The summed E-state index contributed by atoms with van der Waals surface area (Å²) >= 11 is 0. The van der Waals surface area contributed by atoms with Gasteiger partial charge in [0.05, 0.1) is 0 Å². The van der Waals surface area contributed by atoms with Crippen LogP contribution >= 0.6 is 0 Å². The van der Waals surface area contributed by atoms with Crippen molar-refractivity contribution in [1.29, 1.82) is 0 Å². The molecule has 1 N–H and O–H groups in total. The van der Waals surface area contributed by atoms with Crippen molar-refractivity contribution < 1.29 is 0 Å². The topological polar surface area (TPSA) is 12.0 Å². The summed E-state index contributed by atoms with van der Waals surface area (Å²) in [5.41, 5.74) is 4.22. The van der Waals surface area contributed by atoms with E-state index in [1.165, 1.54) is 29.5 Å². The van der Waals surface area contributed by atoms with Gasteiger partial charge in [-0.15, -0.1) is 0 Å². The smallest absolute Gasteiger partial charge is 0.0351 e. The van der Waals surface area contributed by atoms with E-state index in [0.29, 0.717) is 12.0 Å². The van der Waals surface area contributed by atoms with Crippen LogP contribution in [-0.4, -0.2) is 0 Å². The quantitative estimate of drug-likeness (QED) is 0.780. The molecule has 1 heteroatoms. The molecular weight excluding hydrogens is 254 g/mol. The van der Waals surface area contributed by atoms with Gasteiger partial charge in [0.15, 0.2) is 0 Å². The highest BCUT2D eigenvalue weighted by Crippen LogP contribution is 2.41. The molecule has 1 nitrogen and oxygen atoms in total. The maximum Gasteiger partial charge on any atom is 0.0351 e. The van der Waals surface area contributed by atoms with E-state index in [-0.39, 0.29) is 0 Å². The highest BCUT2D eigenvalue weighted by Gasteiger charge is 2.31. The lowest BCUT2D eigenvalue weighted by Crippen LogP contribution is -2.22. The van der Waals surface area contributed by atoms with Crippen molar-refractivity contribution in [3.8, 4) is 0 Å². The molecule has 21 heavy (non-hydrogen) atoms. The summed E-state index contributed by atoms with van der Waals surface area (Å²) in [6.45, 7) is 5.44. The number of benzene rings is 2. The summed E-state index contributed by atoms with van der Waals surface area (Å²) in [5, 5.41) is 3.76. The van der Waals surface area contributed by atoms with Crippen LogP contribution in [0.15, 0.2) is 54.6 Å². The minimum atomic E-state index is 0.510. The summed E-state index contributed by atoms with van der Waals surface area (Å²) in [5.74, 6) is 1.43. The molecule has 1 unspecified atom stereocenters. The van der Waals surface area contributed by atoms with E-state index in [4.69, 9.17) is 0 Å². The molecule has 0 amide bonds. The van der Waals surface area contributed by atoms with Crippen LogP contribution in [0.5, 0.6) is 0 Å². The van der Waals surface area contributed by atoms with E-state index in [1.54, 1.807) is 0 Å². The van der Waals surface area contributed by atoms with Crippen LogP contribution in [0.1, 0.15) is 55.3 Å². The second-order valence-electron chi connectivity index (χ2n) is 6.50. The molecule has 0 saturated heterocycles. The van der Waals surface area contributed by atoms with Crippen molar-refractivity contribution in [2.45, 2.75) is 45.2 Å². The molecule has 2 aromatic rings. The van der Waals surface area contributed by atoms with Gasteiger partial charge < -0.3 is 5.32 Å². The van der Waals surface area contributed by atoms with Crippen LogP contribution in [0.3, 0.4) is 0 Å². The van der Waals surface area contributed by atoms with Gasteiger partial charge in [-0.2, -0.15) is 0 Å². The summed E-state index contributed by atoms with van der Waals surface area (Å²) in [4.78, 5) is 0. The predicted molar refractivity (Wildman–Crippen MR) is 89.3 cm³/mol. The van der Waals surface area contributed by atoms with Crippen molar-refractivity contribution in [2.24, 2.45) is 5.92 Å². The normalized spacial score (nSPS) is 16.1. The fourth-order valence-electron chi connectivity index (χ4n) is 2.89. The molecule has 1 fully saturated rings. The first-order valence-corrected chi connectivity index (χ1v) is 8.11. The fourth-order valence-corrected chi connectivity index (χ4v) is 2.89. The first kappa shape index (κ1) is 14.3. The lowest BCUT2D eigenvalue weighted by atomic mass is 10.0. The molecule has 0 aromatic heterocycles. The molecule has 2 aromatic carbocycles. The monoisotopic (exact) mass is 279 g/mol. The van der Waals surface area contributed by atoms with Crippen LogP contribution < -0.4 is 5.32 Å². The Labute approximate surface area is 128 Å². The number of nitrogens with one attached hydrogen (secondary N) is 1. The molecular formula is C20H25N. The van der Waals surface area contributed by atoms with Gasteiger partial charge in [0.25, 0.3) is 0 Å². The van der Waals surface area contributed by atoms with Crippen LogP contribution in [0.2, 0.25) is 0 Å². The second-order valence-corrected chi connectivity index (χ2v) is 6.50. The van der Waals surface area contributed by atoms with Crippen LogP contribution in [0.4, 0.5) is 0 Å². The third-order valence-corrected chi connectivity index (χ3v) is 4.42. The molecule has 1 aliphatic carbocycles. The molecule has 0 radical (unpaired) electrons. The molecule has 0 bridgehead atoms. The Hall–Kier alpha value is -1.60. The highest BCUT2D eigenvalue weighted by atomic mass is 14.9. The first-order valence-electron chi connectivity index (χ1n) is 8.11. The molecule has 3 rings (SSSR count). The van der Waals surface area contributed by atoms with Gasteiger partial charge in [-0.3, -0.25) is 0 Å². The zero-order valence-electron chi connectivity index (χ0n) is 13.0. The zero-order valence-corrected chi connectivity index (χ0v) is 13.0. The van der Waals surface area contributed by atoms with Gasteiger partial charge >= 0.3 is 0 Å². The molecule has 1 aliphatic rings. The Morgan fingerprint density at radius 1 is 0.905 bits per heavy atom. The summed E-state index contributed by atoms with van der Waals surface area (Å²) in [6, 6.07) is 20.4. The third-order valence-electron chi connectivity index (χ3n) is 4.42. The lowest BCUT2D eigenvalue weighted by Gasteiger charge is -2.19. The molecule has 1 atom stereocenters. The van der Waals surface area contributed by atoms with Crippen LogP contribution in [-0.2, 0) is 6.54 Å². The van der Waals surface area contributed by atoms with Crippen molar-refractivity contribution >= 4 is 0 Å². The average molecular weight is 279 g/mol. The molecule has 1 saturated carbocycles. The SMILES string of the molecule is CC(C)c1ccc(CNC(c2ccccc2)C2CC2)cc1. The first-order chi connectivity index (χ1) is 10.2. The summed E-state index contributed by atoms with van der Waals surface area (Å²) < 4.78 is 0. The van der Waals surface area contributed by atoms with Crippen molar-refractivity contribution in [1.82, 2.24) is 5.32 Å². The maximum absolute atomic E-state index is 3.76. The van der Waals surface area contributed by atoms with Gasteiger partial charge in [-0.1, -0.05) is 68.4 Å². The van der Waals surface area contributed by atoms with Gasteiger partial charge in [-0.25, -0.2) is 0 Å². The Morgan fingerprint density at radius 3 is 2.14 bits per heavy atom. The lowest BCUT2D eigenvalue weighted by molar-refractivity contribution is 0.480. The Bertz CT molecular complexity index is 552. The molecule has 0 spiro atoms. The van der Waals surface area contributed by atoms with E-state index in [0.717, 1.165) is 12.5 Å². The Balaban J connectivity index is 1.64. The Morgan fingerprint density at radius 2 is 1.57 bits per heavy atom. The van der Waals surface area contributed by atoms with Gasteiger partial charge in [0, 0.05) is 12.6 Å². The van der Waals surface area contributed by atoms with E-state index in [9.17, 15) is 0 Å². The number of rotatable bonds is 6. The summed E-state index contributed by atoms with van der Waals surface area (Å²) in [6.07, 6.45) is 2.72.